The minimum absolute atomic E-state index is 0.189. The van der Waals surface area contributed by atoms with Crippen molar-refractivity contribution in [3.8, 4) is 5.75 Å². The van der Waals surface area contributed by atoms with Crippen LogP contribution in [0.1, 0.15) is 16.1 Å². The molecule has 6 heteroatoms. The lowest BCUT2D eigenvalue weighted by molar-refractivity contribution is 0.102. The fourth-order valence-corrected chi connectivity index (χ4v) is 2.39. The molecule has 2 heterocycles. The molecule has 1 N–H and O–H groups in total. The molecule has 0 spiro atoms. The molecular weight excluding hydrogens is 266 g/mol. The van der Waals surface area contributed by atoms with Gasteiger partial charge in [0.05, 0.1) is 22.5 Å². The Labute approximate surface area is 115 Å². The third-order valence-electron chi connectivity index (χ3n) is 3.03. The number of para-hydroxylation sites is 1. The Hall–Kier alpha value is -2.01. The Kier molecular flexibility index (Phi) is 2.91. The zero-order chi connectivity index (χ0) is 13.4. The van der Waals surface area contributed by atoms with Crippen LogP contribution in [0.15, 0.2) is 24.4 Å². The lowest BCUT2D eigenvalue weighted by Crippen LogP contribution is -2.20. The first-order valence-corrected chi connectivity index (χ1v) is 6.28. The summed E-state index contributed by atoms with van der Waals surface area (Å²) in [4.78, 5) is 12.6. The van der Waals surface area contributed by atoms with E-state index in [1.807, 2.05) is 12.1 Å². The SMILES string of the molecule is Cn1ncc(Cl)c1C(=O)c1cccc2c1OCCN2. The number of fused-ring (bicyclic) bond motifs is 1. The fourth-order valence-electron chi connectivity index (χ4n) is 2.14. The van der Waals surface area contributed by atoms with Gasteiger partial charge in [-0.3, -0.25) is 9.48 Å². The minimum atomic E-state index is -0.189. The lowest BCUT2D eigenvalue weighted by atomic mass is 10.1. The monoisotopic (exact) mass is 277 g/mol. The van der Waals surface area contributed by atoms with Crippen LogP contribution in [0.5, 0.6) is 5.75 Å². The zero-order valence-corrected chi connectivity index (χ0v) is 11.1. The number of aromatic nitrogens is 2. The van der Waals surface area contributed by atoms with Crippen LogP contribution in [0.4, 0.5) is 5.69 Å². The first-order valence-electron chi connectivity index (χ1n) is 5.90. The van der Waals surface area contributed by atoms with Gasteiger partial charge in [-0.2, -0.15) is 5.10 Å². The smallest absolute Gasteiger partial charge is 0.216 e. The van der Waals surface area contributed by atoms with E-state index in [2.05, 4.69) is 10.4 Å². The van der Waals surface area contributed by atoms with Crippen LogP contribution in [0.3, 0.4) is 0 Å². The quantitative estimate of drug-likeness (QED) is 0.854. The topological polar surface area (TPSA) is 56.2 Å². The second-order valence-electron chi connectivity index (χ2n) is 4.25. The number of hydrogen-bond acceptors (Lipinski definition) is 4. The summed E-state index contributed by atoms with van der Waals surface area (Å²) in [5.74, 6) is 0.390. The number of rotatable bonds is 2. The van der Waals surface area contributed by atoms with Crippen LogP contribution in [-0.4, -0.2) is 28.7 Å². The van der Waals surface area contributed by atoms with Gasteiger partial charge in [-0.1, -0.05) is 17.7 Å². The zero-order valence-electron chi connectivity index (χ0n) is 10.3. The van der Waals surface area contributed by atoms with E-state index in [4.69, 9.17) is 16.3 Å². The molecule has 0 radical (unpaired) electrons. The number of anilines is 1. The summed E-state index contributed by atoms with van der Waals surface area (Å²) in [7, 11) is 1.69. The van der Waals surface area contributed by atoms with Crippen molar-refractivity contribution in [2.75, 3.05) is 18.5 Å². The van der Waals surface area contributed by atoms with E-state index in [9.17, 15) is 4.79 Å². The molecule has 1 aliphatic rings. The number of ketones is 1. The maximum atomic E-state index is 12.6. The Bertz CT molecular complexity index is 632. The average molecular weight is 278 g/mol. The summed E-state index contributed by atoms with van der Waals surface area (Å²) in [5, 5.41) is 7.52. The highest BCUT2D eigenvalue weighted by atomic mass is 35.5. The molecule has 0 saturated carbocycles. The highest BCUT2D eigenvalue weighted by Crippen LogP contribution is 2.33. The molecule has 0 bridgehead atoms. The van der Waals surface area contributed by atoms with Crippen molar-refractivity contribution in [2.45, 2.75) is 0 Å². The predicted molar refractivity (Wildman–Crippen MR) is 72.1 cm³/mol. The van der Waals surface area contributed by atoms with Crippen molar-refractivity contribution < 1.29 is 9.53 Å². The number of benzene rings is 1. The summed E-state index contributed by atoms with van der Waals surface area (Å²) < 4.78 is 7.07. The fraction of sp³-hybridized carbons (Fsp3) is 0.231. The van der Waals surface area contributed by atoms with E-state index in [0.717, 1.165) is 12.2 Å². The third kappa shape index (κ3) is 1.96. The average Bonchev–Trinajstić information content (AvgIpc) is 2.77. The number of carbonyl (C=O) groups excluding carboxylic acids is 1. The molecule has 1 aromatic heterocycles. The Balaban J connectivity index is 2.10. The van der Waals surface area contributed by atoms with Gasteiger partial charge >= 0.3 is 0 Å². The molecule has 5 nitrogen and oxygen atoms in total. The maximum Gasteiger partial charge on any atom is 0.216 e. The molecule has 19 heavy (non-hydrogen) atoms. The van der Waals surface area contributed by atoms with Gasteiger partial charge in [-0.15, -0.1) is 0 Å². The van der Waals surface area contributed by atoms with Crippen LogP contribution < -0.4 is 10.1 Å². The molecule has 0 atom stereocenters. The number of ether oxygens (including phenoxy) is 1. The second kappa shape index (κ2) is 4.59. The number of aryl methyl sites for hydroxylation is 1. The number of hydrogen-bond donors (Lipinski definition) is 1. The number of nitrogens with zero attached hydrogens (tertiary/aromatic N) is 2. The van der Waals surface area contributed by atoms with Crippen molar-refractivity contribution in [1.29, 1.82) is 0 Å². The van der Waals surface area contributed by atoms with Gasteiger partial charge in [0.2, 0.25) is 5.78 Å². The molecule has 0 saturated heterocycles. The summed E-state index contributed by atoms with van der Waals surface area (Å²) in [6.45, 7) is 1.27. The van der Waals surface area contributed by atoms with Crippen molar-refractivity contribution in [3.05, 3.63) is 40.7 Å². The molecular formula is C13H12ClN3O2. The molecule has 0 aliphatic carbocycles. The highest BCUT2D eigenvalue weighted by Gasteiger charge is 2.24. The van der Waals surface area contributed by atoms with Gasteiger partial charge in [0.15, 0.2) is 5.75 Å². The van der Waals surface area contributed by atoms with Gasteiger partial charge in [0, 0.05) is 13.6 Å². The first-order chi connectivity index (χ1) is 9.18. The largest absolute Gasteiger partial charge is 0.489 e. The third-order valence-corrected chi connectivity index (χ3v) is 3.31. The van der Waals surface area contributed by atoms with Crippen LogP contribution in [0.25, 0.3) is 0 Å². The minimum Gasteiger partial charge on any atom is -0.489 e. The molecule has 0 fully saturated rings. The number of carbonyl (C=O) groups is 1. The number of nitrogens with one attached hydrogen (secondary N) is 1. The summed E-state index contributed by atoms with van der Waals surface area (Å²) in [6, 6.07) is 5.44. The van der Waals surface area contributed by atoms with Crippen LogP contribution in [0, 0.1) is 0 Å². The van der Waals surface area contributed by atoms with E-state index in [0.29, 0.717) is 28.6 Å². The molecule has 1 aromatic carbocycles. The van der Waals surface area contributed by atoms with Gasteiger partial charge in [0.1, 0.15) is 12.3 Å². The Morgan fingerprint density at radius 2 is 2.37 bits per heavy atom. The molecule has 98 valence electrons. The lowest BCUT2D eigenvalue weighted by Gasteiger charge is -2.21. The van der Waals surface area contributed by atoms with Crippen molar-refractivity contribution >= 4 is 23.1 Å². The molecule has 3 rings (SSSR count). The second-order valence-corrected chi connectivity index (χ2v) is 4.66. The summed E-state index contributed by atoms with van der Waals surface area (Å²) >= 11 is 6.01. The van der Waals surface area contributed by atoms with Crippen molar-refractivity contribution in [2.24, 2.45) is 7.05 Å². The molecule has 0 unspecified atom stereocenters. The van der Waals surface area contributed by atoms with E-state index >= 15 is 0 Å². The Morgan fingerprint density at radius 3 is 3.11 bits per heavy atom. The maximum absolute atomic E-state index is 12.6. The molecule has 2 aromatic rings. The van der Waals surface area contributed by atoms with E-state index in [1.165, 1.54) is 10.9 Å². The number of halogens is 1. The van der Waals surface area contributed by atoms with Gasteiger partial charge in [-0.05, 0) is 12.1 Å². The van der Waals surface area contributed by atoms with Gasteiger partial charge in [-0.25, -0.2) is 0 Å². The Morgan fingerprint density at radius 1 is 1.53 bits per heavy atom. The van der Waals surface area contributed by atoms with Gasteiger partial charge < -0.3 is 10.1 Å². The van der Waals surface area contributed by atoms with E-state index < -0.39 is 0 Å². The summed E-state index contributed by atoms with van der Waals surface area (Å²) in [5.41, 5.74) is 1.69. The predicted octanol–water partition coefficient (Wildman–Crippen LogP) is 2.11. The summed E-state index contributed by atoms with van der Waals surface area (Å²) in [6.07, 6.45) is 1.46. The first kappa shape index (κ1) is 12.0. The van der Waals surface area contributed by atoms with E-state index in [1.54, 1.807) is 13.1 Å². The van der Waals surface area contributed by atoms with E-state index in [-0.39, 0.29) is 5.78 Å². The van der Waals surface area contributed by atoms with Crippen LogP contribution in [0.2, 0.25) is 5.02 Å². The van der Waals surface area contributed by atoms with Crippen molar-refractivity contribution in [3.63, 3.8) is 0 Å². The molecule has 1 aliphatic heterocycles. The standard InChI is InChI=1S/C13H12ClN3O2/c1-17-11(9(14)7-16-17)12(18)8-3-2-4-10-13(8)19-6-5-15-10/h2-4,7,15H,5-6H2,1H3. The van der Waals surface area contributed by atoms with Crippen molar-refractivity contribution in [1.82, 2.24) is 9.78 Å². The van der Waals surface area contributed by atoms with Crippen LogP contribution in [-0.2, 0) is 7.05 Å². The highest BCUT2D eigenvalue weighted by molar-refractivity contribution is 6.34. The normalized spacial score (nSPS) is 13.4. The van der Waals surface area contributed by atoms with Crippen LogP contribution >= 0.6 is 11.6 Å². The van der Waals surface area contributed by atoms with Gasteiger partial charge in [0.25, 0.3) is 0 Å². The molecule has 0 amide bonds.